The zero-order valence-corrected chi connectivity index (χ0v) is 15.4. The molecule has 0 saturated heterocycles. The highest BCUT2D eigenvalue weighted by molar-refractivity contribution is 6.30. The summed E-state index contributed by atoms with van der Waals surface area (Å²) < 4.78 is 11.4. The van der Waals surface area contributed by atoms with Crippen LogP contribution < -0.4 is 14.8 Å². The molecule has 27 heavy (non-hydrogen) atoms. The molecule has 2 N–H and O–H groups in total. The van der Waals surface area contributed by atoms with Crippen molar-refractivity contribution in [3.05, 3.63) is 70.4 Å². The molecule has 4 rings (SSSR count). The number of anilines is 1. The Labute approximate surface area is 161 Å². The first-order chi connectivity index (χ1) is 13.1. The van der Waals surface area contributed by atoms with Crippen LogP contribution in [0.3, 0.4) is 0 Å². The van der Waals surface area contributed by atoms with Gasteiger partial charge in [-0.05, 0) is 35.4 Å². The SMILES string of the molecule is COc1cc(C2CC(=O)Nc3n[nH]cc32)ccc1OCc1cccc(Cl)c1. The second-order valence-electron chi connectivity index (χ2n) is 6.32. The Kier molecular flexibility index (Phi) is 4.73. The number of hydrogen-bond donors (Lipinski definition) is 2. The number of amides is 1. The summed E-state index contributed by atoms with van der Waals surface area (Å²) in [6.45, 7) is 0.383. The van der Waals surface area contributed by atoms with E-state index in [2.05, 4.69) is 15.5 Å². The van der Waals surface area contributed by atoms with E-state index in [4.69, 9.17) is 21.1 Å². The molecular formula is C20H18ClN3O3. The summed E-state index contributed by atoms with van der Waals surface area (Å²) in [7, 11) is 1.60. The van der Waals surface area contributed by atoms with Gasteiger partial charge in [-0.1, -0.05) is 29.8 Å². The van der Waals surface area contributed by atoms with Gasteiger partial charge in [-0.25, -0.2) is 0 Å². The van der Waals surface area contributed by atoms with Gasteiger partial charge >= 0.3 is 0 Å². The minimum Gasteiger partial charge on any atom is -0.493 e. The lowest BCUT2D eigenvalue weighted by molar-refractivity contribution is -0.116. The number of fused-ring (bicyclic) bond motifs is 1. The van der Waals surface area contributed by atoms with Gasteiger partial charge in [-0.2, -0.15) is 5.10 Å². The number of ether oxygens (including phenoxy) is 2. The minimum absolute atomic E-state index is 0.0557. The van der Waals surface area contributed by atoms with Gasteiger partial charge in [0, 0.05) is 29.1 Å². The first kappa shape index (κ1) is 17.4. The monoisotopic (exact) mass is 383 g/mol. The minimum atomic E-state index is -0.0802. The maximum atomic E-state index is 12.0. The lowest BCUT2D eigenvalue weighted by atomic mass is 9.87. The number of hydrogen-bond acceptors (Lipinski definition) is 4. The van der Waals surface area contributed by atoms with E-state index in [0.29, 0.717) is 35.4 Å². The van der Waals surface area contributed by atoms with E-state index in [1.165, 1.54) is 0 Å². The molecule has 3 aromatic rings. The molecule has 2 heterocycles. The zero-order valence-electron chi connectivity index (χ0n) is 14.7. The normalized spacial score (nSPS) is 15.8. The topological polar surface area (TPSA) is 76.2 Å². The van der Waals surface area contributed by atoms with Gasteiger partial charge in [0.15, 0.2) is 17.3 Å². The number of carbonyl (C=O) groups is 1. The summed E-state index contributed by atoms with van der Waals surface area (Å²) in [5.41, 5.74) is 2.91. The first-order valence-corrected chi connectivity index (χ1v) is 8.90. The molecule has 6 nitrogen and oxygen atoms in total. The number of aromatic nitrogens is 2. The zero-order chi connectivity index (χ0) is 18.8. The summed E-state index contributed by atoms with van der Waals surface area (Å²) in [5.74, 6) is 1.69. The van der Waals surface area contributed by atoms with Gasteiger partial charge in [0.25, 0.3) is 0 Å². The third-order valence-electron chi connectivity index (χ3n) is 4.57. The summed E-state index contributed by atoms with van der Waals surface area (Å²) in [6.07, 6.45) is 2.17. The quantitative estimate of drug-likeness (QED) is 0.694. The molecule has 1 aliphatic rings. The van der Waals surface area contributed by atoms with Crippen LogP contribution in [0.25, 0.3) is 0 Å². The molecule has 0 radical (unpaired) electrons. The molecule has 0 fully saturated rings. The van der Waals surface area contributed by atoms with Crippen LogP contribution >= 0.6 is 11.6 Å². The maximum Gasteiger partial charge on any atom is 0.226 e. The summed E-state index contributed by atoms with van der Waals surface area (Å²) in [5, 5.41) is 10.3. The largest absolute Gasteiger partial charge is 0.493 e. The number of nitrogens with one attached hydrogen (secondary N) is 2. The molecular weight excluding hydrogens is 366 g/mol. The van der Waals surface area contributed by atoms with Crippen molar-refractivity contribution in [2.75, 3.05) is 12.4 Å². The fourth-order valence-electron chi connectivity index (χ4n) is 3.25. The lowest BCUT2D eigenvalue weighted by Gasteiger charge is -2.23. The second kappa shape index (κ2) is 7.32. The highest BCUT2D eigenvalue weighted by Crippen LogP contribution is 2.39. The van der Waals surface area contributed by atoms with Crippen molar-refractivity contribution in [2.45, 2.75) is 18.9 Å². The Balaban J connectivity index is 1.58. The molecule has 2 aromatic carbocycles. The Morgan fingerprint density at radius 1 is 1.22 bits per heavy atom. The van der Waals surface area contributed by atoms with E-state index in [1.54, 1.807) is 7.11 Å². The van der Waals surface area contributed by atoms with Crippen LogP contribution in [0.15, 0.2) is 48.7 Å². The van der Waals surface area contributed by atoms with Crippen LogP contribution in [-0.2, 0) is 11.4 Å². The molecule has 1 unspecified atom stereocenters. The highest BCUT2D eigenvalue weighted by Gasteiger charge is 2.29. The number of nitrogens with zero attached hydrogens (tertiary/aromatic N) is 1. The van der Waals surface area contributed by atoms with Gasteiger partial charge in [0.2, 0.25) is 5.91 Å². The predicted molar refractivity (Wildman–Crippen MR) is 102 cm³/mol. The number of methoxy groups -OCH3 is 1. The van der Waals surface area contributed by atoms with Crippen LogP contribution in [0.4, 0.5) is 5.82 Å². The molecule has 0 saturated carbocycles. The van der Waals surface area contributed by atoms with Crippen molar-refractivity contribution in [2.24, 2.45) is 0 Å². The van der Waals surface area contributed by atoms with Gasteiger partial charge in [0.1, 0.15) is 6.61 Å². The van der Waals surface area contributed by atoms with Crippen molar-refractivity contribution < 1.29 is 14.3 Å². The van der Waals surface area contributed by atoms with E-state index in [-0.39, 0.29) is 11.8 Å². The van der Waals surface area contributed by atoms with Gasteiger partial charge < -0.3 is 14.8 Å². The van der Waals surface area contributed by atoms with Crippen LogP contribution in [-0.4, -0.2) is 23.2 Å². The standard InChI is InChI=1S/C20H18ClN3O3/c1-26-18-8-13(15-9-19(25)23-20-16(15)10-22-24-20)5-6-17(18)27-11-12-3-2-4-14(21)7-12/h2-8,10,15H,9,11H2,1H3,(H2,22,23,24,25). The predicted octanol–water partition coefficient (Wildman–Crippen LogP) is 4.12. The lowest BCUT2D eigenvalue weighted by Crippen LogP contribution is -2.23. The fourth-order valence-corrected chi connectivity index (χ4v) is 3.46. The molecule has 7 heteroatoms. The number of carbonyl (C=O) groups excluding carboxylic acids is 1. The van der Waals surface area contributed by atoms with Crippen molar-refractivity contribution >= 4 is 23.3 Å². The molecule has 1 amide bonds. The Hall–Kier alpha value is -2.99. The van der Waals surface area contributed by atoms with Crippen molar-refractivity contribution in [1.82, 2.24) is 10.2 Å². The van der Waals surface area contributed by atoms with Crippen molar-refractivity contribution in [3.63, 3.8) is 0 Å². The third kappa shape index (κ3) is 3.61. The molecule has 1 atom stereocenters. The van der Waals surface area contributed by atoms with E-state index in [0.717, 1.165) is 16.7 Å². The van der Waals surface area contributed by atoms with Crippen LogP contribution in [0.5, 0.6) is 11.5 Å². The van der Waals surface area contributed by atoms with E-state index >= 15 is 0 Å². The molecule has 0 bridgehead atoms. The number of rotatable bonds is 5. The Morgan fingerprint density at radius 3 is 2.93 bits per heavy atom. The Morgan fingerprint density at radius 2 is 2.11 bits per heavy atom. The van der Waals surface area contributed by atoms with E-state index < -0.39 is 0 Å². The maximum absolute atomic E-state index is 12.0. The van der Waals surface area contributed by atoms with E-state index in [1.807, 2.05) is 48.7 Å². The molecule has 0 aliphatic carbocycles. The van der Waals surface area contributed by atoms with Gasteiger partial charge in [-0.15, -0.1) is 0 Å². The number of benzene rings is 2. The van der Waals surface area contributed by atoms with Gasteiger partial charge in [0.05, 0.1) is 7.11 Å². The highest BCUT2D eigenvalue weighted by atomic mass is 35.5. The van der Waals surface area contributed by atoms with Crippen LogP contribution in [0.2, 0.25) is 5.02 Å². The van der Waals surface area contributed by atoms with Crippen LogP contribution in [0.1, 0.15) is 29.0 Å². The summed E-state index contributed by atoms with van der Waals surface area (Å²) in [6, 6.07) is 13.3. The second-order valence-corrected chi connectivity index (χ2v) is 6.76. The fraction of sp³-hybridized carbons (Fsp3) is 0.200. The number of aromatic amines is 1. The molecule has 1 aliphatic heterocycles. The third-order valence-corrected chi connectivity index (χ3v) is 4.80. The van der Waals surface area contributed by atoms with E-state index in [9.17, 15) is 4.79 Å². The van der Waals surface area contributed by atoms with Crippen LogP contribution in [0, 0.1) is 0 Å². The molecule has 0 spiro atoms. The Bertz CT molecular complexity index is 986. The van der Waals surface area contributed by atoms with Crippen molar-refractivity contribution in [3.8, 4) is 11.5 Å². The molecule has 1 aromatic heterocycles. The molecule has 138 valence electrons. The summed E-state index contributed by atoms with van der Waals surface area (Å²) >= 11 is 6.02. The van der Waals surface area contributed by atoms with Crippen molar-refractivity contribution in [1.29, 1.82) is 0 Å². The average molecular weight is 384 g/mol. The number of H-pyrrole nitrogens is 1. The number of halogens is 1. The average Bonchev–Trinajstić information content (AvgIpc) is 3.14. The smallest absolute Gasteiger partial charge is 0.226 e. The summed E-state index contributed by atoms with van der Waals surface area (Å²) in [4.78, 5) is 12.0. The van der Waals surface area contributed by atoms with Gasteiger partial charge in [-0.3, -0.25) is 9.89 Å². The first-order valence-electron chi connectivity index (χ1n) is 8.52.